The number of dihydropyridines is 1. The molecular weight excluding hydrogens is 521 g/mol. The van der Waals surface area contributed by atoms with E-state index in [1.807, 2.05) is 6.92 Å². The molecule has 6 rings (SSSR count). The molecule has 6 heterocycles. The number of amides is 1. The van der Waals surface area contributed by atoms with Crippen LogP contribution in [0.15, 0.2) is 42.4 Å². The molecule has 0 bridgehead atoms. The van der Waals surface area contributed by atoms with Crippen molar-refractivity contribution >= 4 is 33.8 Å². The summed E-state index contributed by atoms with van der Waals surface area (Å²) in [5.74, 6) is -0.467. The van der Waals surface area contributed by atoms with Gasteiger partial charge in [0.05, 0.1) is 18.0 Å². The maximum absolute atomic E-state index is 15.1. The van der Waals surface area contributed by atoms with Gasteiger partial charge in [-0.05, 0) is 37.4 Å². The number of ether oxygens (including phenoxy) is 2. The van der Waals surface area contributed by atoms with Crippen molar-refractivity contribution in [3.63, 3.8) is 0 Å². The number of hydrogen-bond acceptors (Lipinski definition) is 9. The van der Waals surface area contributed by atoms with Gasteiger partial charge in [0.2, 0.25) is 4.96 Å². The molecule has 13 heteroatoms. The van der Waals surface area contributed by atoms with Gasteiger partial charge in [-0.3, -0.25) is 9.78 Å². The Morgan fingerprint density at radius 1 is 1.46 bits per heavy atom. The highest BCUT2D eigenvalue weighted by Gasteiger charge is 2.45. The van der Waals surface area contributed by atoms with Crippen LogP contribution in [-0.4, -0.2) is 74.3 Å². The summed E-state index contributed by atoms with van der Waals surface area (Å²) in [6.45, 7) is 3.69. The first-order valence-corrected chi connectivity index (χ1v) is 13.2. The Bertz CT molecular complexity index is 1400. The van der Waals surface area contributed by atoms with Gasteiger partial charge in [-0.1, -0.05) is 22.9 Å². The molecule has 10 nitrogen and oxygen atoms in total. The molecule has 3 aliphatic rings. The van der Waals surface area contributed by atoms with Gasteiger partial charge in [-0.2, -0.15) is 5.10 Å². The highest BCUT2D eigenvalue weighted by Crippen LogP contribution is 2.37. The third kappa shape index (κ3) is 4.27. The number of aryl methyl sites for hydroxylation is 1. The van der Waals surface area contributed by atoms with E-state index in [2.05, 4.69) is 20.7 Å². The Hall–Kier alpha value is -3.06. The summed E-state index contributed by atoms with van der Waals surface area (Å²) in [6, 6.07) is 2.06. The van der Waals surface area contributed by atoms with Gasteiger partial charge in [-0.15, -0.1) is 0 Å². The number of imidazole rings is 1. The van der Waals surface area contributed by atoms with Crippen LogP contribution < -0.4 is 10.6 Å². The maximum atomic E-state index is 15.1. The average molecular weight is 546 g/mol. The van der Waals surface area contributed by atoms with E-state index in [9.17, 15) is 4.79 Å². The number of nitrogens with one attached hydrogen (secondary N) is 2. The van der Waals surface area contributed by atoms with Crippen LogP contribution in [0.2, 0.25) is 0 Å². The van der Waals surface area contributed by atoms with Gasteiger partial charge < -0.3 is 25.0 Å². The van der Waals surface area contributed by atoms with Crippen LogP contribution in [0.3, 0.4) is 0 Å². The summed E-state index contributed by atoms with van der Waals surface area (Å²) in [4.78, 5) is 23.8. The van der Waals surface area contributed by atoms with E-state index < -0.39 is 23.0 Å². The lowest BCUT2D eigenvalue weighted by Crippen LogP contribution is -2.58. The molecule has 1 saturated heterocycles. The van der Waals surface area contributed by atoms with Crippen molar-refractivity contribution in [1.29, 1.82) is 0 Å². The fourth-order valence-corrected chi connectivity index (χ4v) is 6.04. The highest BCUT2D eigenvalue weighted by atomic mass is 35.5. The van der Waals surface area contributed by atoms with Crippen LogP contribution >= 0.6 is 22.9 Å². The normalized spacial score (nSPS) is 25.5. The third-order valence-corrected chi connectivity index (χ3v) is 8.02. The zero-order valence-corrected chi connectivity index (χ0v) is 21.6. The predicted octanol–water partition coefficient (Wildman–Crippen LogP) is 2.05. The number of morpholine rings is 1. The number of halogens is 2. The van der Waals surface area contributed by atoms with Gasteiger partial charge >= 0.3 is 0 Å². The minimum atomic E-state index is -1.17. The molecule has 194 valence electrons. The zero-order valence-electron chi connectivity index (χ0n) is 20.0. The van der Waals surface area contributed by atoms with Crippen molar-refractivity contribution < 1.29 is 18.7 Å². The minimum Gasteiger partial charge on any atom is -0.484 e. The molecule has 0 radical (unpaired) electrons. The van der Waals surface area contributed by atoms with Crippen LogP contribution in [-0.2, 0) is 20.7 Å². The van der Waals surface area contributed by atoms with E-state index in [4.69, 9.17) is 26.1 Å². The van der Waals surface area contributed by atoms with Crippen molar-refractivity contribution in [3.8, 4) is 0 Å². The lowest BCUT2D eigenvalue weighted by molar-refractivity contribution is -0.137. The summed E-state index contributed by atoms with van der Waals surface area (Å²) in [7, 11) is 0. The van der Waals surface area contributed by atoms with Crippen LogP contribution in [0, 0.1) is 12.7 Å². The Balaban J connectivity index is 1.30. The Labute approximate surface area is 221 Å². The molecule has 3 unspecified atom stereocenters. The molecule has 37 heavy (non-hydrogen) atoms. The highest BCUT2D eigenvalue weighted by molar-refractivity contribution is 7.16. The van der Waals surface area contributed by atoms with Crippen LogP contribution in [0.4, 0.5) is 4.39 Å². The summed E-state index contributed by atoms with van der Waals surface area (Å²) in [5.41, 5.74) is 1.57. The Morgan fingerprint density at radius 2 is 2.35 bits per heavy atom. The summed E-state index contributed by atoms with van der Waals surface area (Å²) < 4.78 is 28.6. The quantitative estimate of drug-likeness (QED) is 0.371. The van der Waals surface area contributed by atoms with E-state index in [0.29, 0.717) is 42.5 Å². The van der Waals surface area contributed by atoms with Crippen molar-refractivity contribution in [2.45, 2.75) is 30.5 Å². The Morgan fingerprint density at radius 3 is 3.16 bits per heavy atom. The number of hydrogen-bond donors (Lipinski definition) is 2. The van der Waals surface area contributed by atoms with E-state index in [0.717, 1.165) is 17.2 Å². The maximum Gasteiger partial charge on any atom is 0.261 e. The smallest absolute Gasteiger partial charge is 0.261 e. The summed E-state index contributed by atoms with van der Waals surface area (Å²) in [5, 5.41) is 11.8. The number of allylic oxidation sites excluding steroid dienone is 2. The number of carbonyl (C=O) groups is 1. The average Bonchev–Trinajstić information content (AvgIpc) is 3.44. The molecule has 3 aromatic heterocycles. The zero-order chi connectivity index (χ0) is 25.6. The van der Waals surface area contributed by atoms with Gasteiger partial charge in [-0.25, -0.2) is 13.9 Å². The Kier molecular flexibility index (Phi) is 6.35. The van der Waals surface area contributed by atoms with Gasteiger partial charge in [0.25, 0.3) is 5.91 Å². The van der Waals surface area contributed by atoms with Gasteiger partial charge in [0, 0.05) is 32.3 Å². The number of fused-ring (bicyclic) bond motifs is 3. The fraction of sp³-hybridized carbons (Fsp3) is 0.417. The van der Waals surface area contributed by atoms with Crippen LogP contribution in [0.1, 0.15) is 28.1 Å². The third-order valence-electron chi connectivity index (χ3n) is 6.66. The van der Waals surface area contributed by atoms with Crippen molar-refractivity contribution in [2.24, 2.45) is 0 Å². The SMILES string of the molecule is Cc1nn2c3c(nc2s1)CCN(C(=O)COC1=CC=CNC1(Cl)C1CNCCO1)C3c1ncccc1F. The molecular formula is C24H25ClFN7O3S. The lowest BCUT2D eigenvalue weighted by Gasteiger charge is -2.40. The molecule has 1 amide bonds. The standard InChI is InChI=1S/C24H25ClFN7O3S/c1-14-31-33-21-16(30-23(33)37-14)6-10-32(22(21)20-15(26)4-2-7-28-20)19(34)13-36-17-5-3-8-29-24(17,25)18-12-27-9-11-35-18/h2-5,7-8,18,22,27,29H,6,9-13H2,1H3. The van der Waals surface area contributed by atoms with E-state index in [-0.39, 0.29) is 18.2 Å². The first-order chi connectivity index (χ1) is 18.0. The molecule has 0 spiro atoms. The lowest BCUT2D eigenvalue weighted by atomic mass is 9.98. The van der Waals surface area contributed by atoms with Crippen LogP contribution in [0.25, 0.3) is 4.96 Å². The minimum absolute atomic E-state index is 0.138. The number of alkyl halides is 1. The molecule has 0 aromatic carbocycles. The fourth-order valence-electron chi connectivity index (χ4n) is 4.95. The predicted molar refractivity (Wildman–Crippen MR) is 135 cm³/mol. The number of aromatic nitrogens is 4. The van der Waals surface area contributed by atoms with Crippen molar-refractivity contribution in [2.75, 3.05) is 32.8 Å². The monoisotopic (exact) mass is 545 g/mol. The number of pyridine rings is 1. The van der Waals surface area contributed by atoms with E-state index in [1.165, 1.54) is 29.7 Å². The number of nitrogens with zero attached hydrogens (tertiary/aromatic N) is 5. The molecule has 3 aromatic rings. The topological polar surface area (TPSA) is 106 Å². The summed E-state index contributed by atoms with van der Waals surface area (Å²) >= 11 is 8.38. The number of rotatable bonds is 5. The molecule has 3 aliphatic heterocycles. The molecule has 3 atom stereocenters. The largest absolute Gasteiger partial charge is 0.484 e. The first-order valence-electron chi connectivity index (χ1n) is 12.0. The second-order valence-electron chi connectivity index (χ2n) is 8.97. The van der Waals surface area contributed by atoms with Crippen LogP contribution in [0.5, 0.6) is 0 Å². The van der Waals surface area contributed by atoms with Crippen molar-refractivity contribution in [1.82, 2.24) is 35.1 Å². The number of carbonyl (C=O) groups excluding carboxylic acids is 1. The van der Waals surface area contributed by atoms with E-state index >= 15 is 4.39 Å². The van der Waals surface area contributed by atoms with Crippen molar-refractivity contribution in [3.05, 3.63) is 70.3 Å². The molecule has 2 N–H and O–H groups in total. The van der Waals surface area contributed by atoms with Gasteiger partial charge in [0.15, 0.2) is 11.6 Å². The van der Waals surface area contributed by atoms with E-state index in [1.54, 1.807) is 27.8 Å². The molecule has 0 saturated carbocycles. The molecule has 0 aliphatic carbocycles. The second kappa shape index (κ2) is 9.67. The summed E-state index contributed by atoms with van der Waals surface area (Å²) in [6.07, 6.45) is 6.80. The van der Waals surface area contributed by atoms with Gasteiger partial charge in [0.1, 0.15) is 34.4 Å². The second-order valence-corrected chi connectivity index (χ2v) is 10.7. The first kappa shape index (κ1) is 24.3. The molecule has 1 fully saturated rings.